The van der Waals surface area contributed by atoms with Gasteiger partial charge in [-0.25, -0.2) is 13.4 Å². The molecular formula is C13H21N3O2S. The van der Waals surface area contributed by atoms with Gasteiger partial charge in [0, 0.05) is 18.8 Å². The van der Waals surface area contributed by atoms with Crippen molar-refractivity contribution in [3.8, 4) is 0 Å². The van der Waals surface area contributed by atoms with Gasteiger partial charge in [0.2, 0.25) is 10.0 Å². The first kappa shape index (κ1) is 14.3. The zero-order chi connectivity index (χ0) is 14.2. The molecule has 1 fully saturated rings. The van der Waals surface area contributed by atoms with Crippen LogP contribution in [-0.4, -0.2) is 30.3 Å². The second kappa shape index (κ2) is 5.09. The molecule has 3 unspecified atom stereocenters. The van der Waals surface area contributed by atoms with Crippen LogP contribution in [0.2, 0.25) is 0 Å². The van der Waals surface area contributed by atoms with Gasteiger partial charge in [0.15, 0.2) is 0 Å². The maximum absolute atomic E-state index is 12.7. The van der Waals surface area contributed by atoms with Gasteiger partial charge in [0.1, 0.15) is 10.7 Å². The van der Waals surface area contributed by atoms with Gasteiger partial charge < -0.3 is 5.73 Å². The summed E-state index contributed by atoms with van der Waals surface area (Å²) in [4.78, 5) is 3.99. The van der Waals surface area contributed by atoms with E-state index in [1.54, 1.807) is 10.4 Å². The third kappa shape index (κ3) is 2.60. The topological polar surface area (TPSA) is 76.3 Å². The first-order valence-electron chi connectivity index (χ1n) is 6.56. The van der Waals surface area contributed by atoms with Crippen LogP contribution in [0.15, 0.2) is 23.2 Å². The summed E-state index contributed by atoms with van der Waals surface area (Å²) >= 11 is 0. The summed E-state index contributed by atoms with van der Waals surface area (Å²) in [5.74, 6) is 0.774. The van der Waals surface area contributed by atoms with E-state index in [0.29, 0.717) is 18.4 Å². The van der Waals surface area contributed by atoms with Gasteiger partial charge in [-0.3, -0.25) is 0 Å². The minimum Gasteiger partial charge on any atom is -0.383 e. The third-order valence-corrected chi connectivity index (χ3v) is 5.93. The van der Waals surface area contributed by atoms with Gasteiger partial charge in [0.05, 0.1) is 0 Å². The molecule has 0 radical (unpaired) electrons. The first-order chi connectivity index (χ1) is 8.84. The Balaban J connectivity index is 2.42. The van der Waals surface area contributed by atoms with E-state index in [1.807, 2.05) is 6.92 Å². The van der Waals surface area contributed by atoms with E-state index in [2.05, 4.69) is 18.8 Å². The standard InChI is InChI=1S/C13H21N3O2S/c1-9-7-10(2)11(3)16(8-9)19(17,18)12-5-4-6-15-13(12)14/h4-6,9-11H,7-8H2,1-3H3,(H2,14,15). The monoisotopic (exact) mass is 283 g/mol. The third-order valence-electron chi connectivity index (χ3n) is 3.93. The summed E-state index contributed by atoms with van der Waals surface area (Å²) in [6.45, 7) is 6.68. The summed E-state index contributed by atoms with van der Waals surface area (Å²) in [6, 6.07) is 3.11. The molecule has 1 aliphatic rings. The fourth-order valence-electron chi connectivity index (χ4n) is 2.73. The molecule has 0 bridgehead atoms. The molecule has 0 amide bonds. The van der Waals surface area contributed by atoms with Crippen molar-refractivity contribution in [1.82, 2.24) is 9.29 Å². The first-order valence-corrected chi connectivity index (χ1v) is 8.00. The number of hydrogen-bond donors (Lipinski definition) is 1. The fourth-order valence-corrected chi connectivity index (χ4v) is 4.64. The van der Waals surface area contributed by atoms with Crippen molar-refractivity contribution in [3.63, 3.8) is 0 Å². The molecule has 1 aromatic rings. The van der Waals surface area contributed by atoms with Gasteiger partial charge in [0.25, 0.3) is 0 Å². The number of hydrogen-bond acceptors (Lipinski definition) is 4. The van der Waals surface area contributed by atoms with Crippen LogP contribution in [0.25, 0.3) is 0 Å². The second-order valence-corrected chi connectivity index (χ2v) is 7.38. The van der Waals surface area contributed by atoms with Crippen molar-refractivity contribution in [2.75, 3.05) is 12.3 Å². The Kier molecular flexibility index (Phi) is 3.82. The number of nitrogen functional groups attached to an aromatic ring is 1. The minimum absolute atomic E-state index is 0.0131. The van der Waals surface area contributed by atoms with E-state index in [1.165, 1.54) is 12.3 Å². The molecule has 3 atom stereocenters. The quantitative estimate of drug-likeness (QED) is 0.896. The number of piperidine rings is 1. The van der Waals surface area contributed by atoms with Gasteiger partial charge in [-0.1, -0.05) is 13.8 Å². The summed E-state index contributed by atoms with van der Waals surface area (Å²) in [6.07, 6.45) is 2.55. The van der Waals surface area contributed by atoms with Crippen molar-refractivity contribution < 1.29 is 8.42 Å². The van der Waals surface area contributed by atoms with Gasteiger partial charge in [-0.2, -0.15) is 4.31 Å². The van der Waals surface area contributed by atoms with Crippen molar-refractivity contribution in [2.45, 2.75) is 38.1 Å². The average molecular weight is 283 g/mol. The van der Waals surface area contributed by atoms with Crippen LogP contribution in [0.5, 0.6) is 0 Å². The normalized spacial score (nSPS) is 29.3. The largest absolute Gasteiger partial charge is 0.383 e. The van der Waals surface area contributed by atoms with Crippen LogP contribution in [0.3, 0.4) is 0 Å². The van der Waals surface area contributed by atoms with Crippen molar-refractivity contribution in [3.05, 3.63) is 18.3 Å². The van der Waals surface area contributed by atoms with Crippen molar-refractivity contribution in [1.29, 1.82) is 0 Å². The van der Waals surface area contributed by atoms with Crippen LogP contribution in [-0.2, 0) is 10.0 Å². The Morgan fingerprint density at radius 1 is 1.37 bits per heavy atom. The summed E-state index contributed by atoms with van der Waals surface area (Å²) in [5.41, 5.74) is 5.71. The number of aromatic nitrogens is 1. The van der Waals surface area contributed by atoms with E-state index in [4.69, 9.17) is 5.73 Å². The fraction of sp³-hybridized carbons (Fsp3) is 0.615. The van der Waals surface area contributed by atoms with Crippen molar-refractivity contribution in [2.24, 2.45) is 11.8 Å². The average Bonchev–Trinajstić information content (AvgIpc) is 2.34. The van der Waals surface area contributed by atoms with E-state index < -0.39 is 10.0 Å². The Bertz CT molecular complexity index is 559. The molecule has 1 aromatic heterocycles. The molecule has 2 N–H and O–H groups in total. The predicted octanol–water partition coefficient (Wildman–Crippen LogP) is 1.72. The molecule has 5 nitrogen and oxygen atoms in total. The molecule has 2 rings (SSSR count). The van der Waals surface area contributed by atoms with E-state index in [9.17, 15) is 8.42 Å². The maximum atomic E-state index is 12.7. The zero-order valence-electron chi connectivity index (χ0n) is 11.6. The lowest BCUT2D eigenvalue weighted by Gasteiger charge is -2.40. The van der Waals surface area contributed by atoms with E-state index in [0.717, 1.165) is 6.42 Å². The van der Waals surface area contributed by atoms with Gasteiger partial charge >= 0.3 is 0 Å². The van der Waals surface area contributed by atoms with E-state index in [-0.39, 0.29) is 16.8 Å². The highest BCUT2D eigenvalue weighted by Crippen LogP contribution is 2.32. The Hall–Kier alpha value is -1.14. The molecule has 106 valence electrons. The minimum atomic E-state index is -3.56. The lowest BCUT2D eigenvalue weighted by Crippen LogP contribution is -2.48. The van der Waals surface area contributed by atoms with Crippen LogP contribution in [0.4, 0.5) is 5.82 Å². The van der Waals surface area contributed by atoms with E-state index >= 15 is 0 Å². The van der Waals surface area contributed by atoms with Crippen LogP contribution in [0.1, 0.15) is 27.2 Å². The van der Waals surface area contributed by atoms with Gasteiger partial charge in [-0.05, 0) is 37.3 Å². The molecule has 0 aromatic carbocycles. The summed E-state index contributed by atoms with van der Waals surface area (Å²) < 4.78 is 27.0. The molecule has 0 aliphatic carbocycles. The van der Waals surface area contributed by atoms with Gasteiger partial charge in [-0.15, -0.1) is 0 Å². The Morgan fingerprint density at radius 3 is 2.68 bits per heavy atom. The molecule has 1 aliphatic heterocycles. The Labute approximate surface area is 114 Å². The SMILES string of the molecule is CC1CC(C)C(C)N(S(=O)(=O)c2cccnc2N)C1. The molecule has 0 saturated carbocycles. The second-order valence-electron chi connectivity index (χ2n) is 5.52. The molecule has 6 heteroatoms. The number of pyridine rings is 1. The summed E-state index contributed by atoms with van der Waals surface area (Å²) in [7, 11) is -3.56. The highest BCUT2D eigenvalue weighted by Gasteiger charge is 2.38. The lowest BCUT2D eigenvalue weighted by molar-refractivity contribution is 0.157. The molecule has 2 heterocycles. The number of rotatable bonds is 2. The highest BCUT2D eigenvalue weighted by molar-refractivity contribution is 7.89. The van der Waals surface area contributed by atoms with Crippen LogP contribution >= 0.6 is 0 Å². The molecular weight excluding hydrogens is 262 g/mol. The predicted molar refractivity (Wildman–Crippen MR) is 74.9 cm³/mol. The summed E-state index contributed by atoms with van der Waals surface area (Å²) in [5, 5.41) is 0. The number of anilines is 1. The zero-order valence-corrected chi connectivity index (χ0v) is 12.4. The number of nitrogens with two attached hydrogens (primary N) is 1. The highest BCUT2D eigenvalue weighted by atomic mass is 32.2. The maximum Gasteiger partial charge on any atom is 0.246 e. The molecule has 1 saturated heterocycles. The Morgan fingerprint density at radius 2 is 2.05 bits per heavy atom. The number of nitrogens with zero attached hydrogens (tertiary/aromatic N) is 2. The molecule has 19 heavy (non-hydrogen) atoms. The number of sulfonamides is 1. The van der Waals surface area contributed by atoms with Crippen LogP contribution < -0.4 is 5.73 Å². The van der Waals surface area contributed by atoms with Crippen LogP contribution in [0, 0.1) is 11.8 Å². The smallest absolute Gasteiger partial charge is 0.246 e. The molecule has 0 spiro atoms. The lowest BCUT2D eigenvalue weighted by atomic mass is 9.88. The van der Waals surface area contributed by atoms with Crippen molar-refractivity contribution >= 4 is 15.8 Å².